The predicted molar refractivity (Wildman–Crippen MR) is 251 cm³/mol. The predicted octanol–water partition coefficient (Wildman–Crippen LogP) is 11.7. The van der Waals surface area contributed by atoms with Crippen molar-refractivity contribution >= 4 is 63.1 Å². The van der Waals surface area contributed by atoms with Gasteiger partial charge in [0.1, 0.15) is 45.6 Å². The van der Waals surface area contributed by atoms with Crippen LogP contribution in [0.2, 0.25) is 0 Å². The Labute approximate surface area is 384 Å². The summed E-state index contributed by atoms with van der Waals surface area (Å²) in [6, 6.07) is 31.7. The summed E-state index contributed by atoms with van der Waals surface area (Å²) in [7, 11) is 0. The fourth-order valence-corrected chi connectivity index (χ4v) is 8.77. The van der Waals surface area contributed by atoms with Gasteiger partial charge in [0.15, 0.2) is 19.8 Å². The lowest BCUT2D eigenvalue weighted by Crippen LogP contribution is -2.27. The van der Waals surface area contributed by atoms with Crippen LogP contribution in [0, 0.1) is 7.14 Å². The van der Waals surface area contributed by atoms with E-state index in [4.69, 9.17) is 33.2 Å². The molecule has 0 saturated heterocycles. The van der Waals surface area contributed by atoms with Gasteiger partial charge in [0.25, 0.3) is 0 Å². The third-order valence-electron chi connectivity index (χ3n) is 8.90. The summed E-state index contributed by atoms with van der Waals surface area (Å²) in [6.07, 6.45) is 0. The number of carbonyl (C=O) groups excluding carboxylic acids is 3. The third kappa shape index (κ3) is 12.6. The molecule has 320 valence electrons. The summed E-state index contributed by atoms with van der Waals surface area (Å²) in [5.41, 5.74) is 4.96. The van der Waals surface area contributed by atoms with Crippen molar-refractivity contribution in [1.82, 2.24) is 0 Å². The van der Waals surface area contributed by atoms with E-state index in [9.17, 15) is 14.4 Å². The lowest BCUT2D eigenvalue weighted by atomic mass is 9.80. The summed E-state index contributed by atoms with van der Waals surface area (Å²) in [5, 5.41) is 0. The van der Waals surface area contributed by atoms with Crippen molar-refractivity contribution in [3.8, 4) is 51.0 Å². The molecule has 5 aromatic carbocycles. The van der Waals surface area contributed by atoms with E-state index in [0.717, 1.165) is 57.6 Å². The molecule has 0 radical (unpaired) electrons. The Morgan fingerprint density at radius 3 is 1.20 bits per heavy atom. The minimum absolute atomic E-state index is 0.190. The molecule has 6 rings (SSSR count). The van der Waals surface area contributed by atoms with Gasteiger partial charge >= 0.3 is 17.9 Å². The second kappa shape index (κ2) is 18.6. The van der Waals surface area contributed by atoms with E-state index >= 15 is 0 Å². The second-order valence-corrected chi connectivity index (χ2v) is 19.9. The van der Waals surface area contributed by atoms with Crippen molar-refractivity contribution in [2.75, 3.05) is 19.8 Å². The fraction of sp³-hybridized carbons (Fsp3) is 0.327. The van der Waals surface area contributed by atoms with Crippen LogP contribution in [0.25, 0.3) is 22.3 Å². The fourth-order valence-electron chi connectivity index (χ4n) is 6.64. The number of benzene rings is 5. The topological polar surface area (TPSA) is 116 Å². The lowest BCUT2D eigenvalue weighted by Gasteiger charge is -2.30. The third-order valence-corrected chi connectivity index (χ3v) is 10.5. The second-order valence-electron chi connectivity index (χ2n) is 17.5. The molecule has 61 heavy (non-hydrogen) atoms. The van der Waals surface area contributed by atoms with Crippen molar-refractivity contribution in [3.05, 3.63) is 121 Å². The monoisotopic (exact) mass is 1050 g/mol. The first-order valence-corrected chi connectivity index (χ1v) is 22.0. The van der Waals surface area contributed by atoms with E-state index in [0.29, 0.717) is 17.2 Å². The summed E-state index contributed by atoms with van der Waals surface area (Å²) < 4.78 is 42.0. The van der Waals surface area contributed by atoms with Crippen LogP contribution in [-0.4, -0.2) is 54.5 Å². The average molecular weight is 1050 g/mol. The van der Waals surface area contributed by atoms with E-state index in [1.54, 1.807) is 0 Å². The van der Waals surface area contributed by atoms with Gasteiger partial charge in [-0.25, -0.2) is 14.4 Å². The molecule has 0 aliphatic carbocycles. The summed E-state index contributed by atoms with van der Waals surface area (Å²) in [6.45, 7) is 15.8. The largest absolute Gasteiger partial charge is 0.482 e. The smallest absolute Gasteiger partial charge is 0.344 e. The molecule has 0 N–H and O–H groups in total. The molecule has 0 atom stereocenters. The number of fused-ring (bicyclic) bond motifs is 2. The van der Waals surface area contributed by atoms with E-state index < -0.39 is 34.7 Å². The van der Waals surface area contributed by atoms with Crippen LogP contribution in [-0.2, 0) is 28.6 Å². The summed E-state index contributed by atoms with van der Waals surface area (Å²) in [4.78, 5) is 37.1. The molecule has 0 bridgehead atoms. The Morgan fingerprint density at radius 2 is 0.836 bits per heavy atom. The average Bonchev–Trinajstić information content (AvgIpc) is 3.16. The van der Waals surface area contributed by atoms with E-state index in [1.165, 1.54) is 0 Å². The first-order chi connectivity index (χ1) is 28.6. The molecule has 0 spiro atoms. The Kier molecular flexibility index (Phi) is 14.0. The Morgan fingerprint density at radius 1 is 0.492 bits per heavy atom. The highest BCUT2D eigenvalue weighted by molar-refractivity contribution is 14.1. The maximum absolute atomic E-state index is 12.6. The minimum atomic E-state index is -0.624. The molecule has 12 heteroatoms. The van der Waals surface area contributed by atoms with Crippen LogP contribution >= 0.6 is 45.2 Å². The quantitative estimate of drug-likeness (QED) is 0.0666. The number of hydrogen-bond acceptors (Lipinski definition) is 10. The molecular weight excluding hydrogens is 1000 g/mol. The van der Waals surface area contributed by atoms with Crippen LogP contribution < -0.4 is 18.9 Å². The number of rotatable bonds is 12. The molecule has 1 aliphatic rings. The molecule has 0 amide bonds. The highest BCUT2D eigenvalue weighted by atomic mass is 127. The van der Waals surface area contributed by atoms with Crippen LogP contribution in [0.4, 0.5) is 0 Å². The van der Waals surface area contributed by atoms with Gasteiger partial charge in [-0.3, -0.25) is 0 Å². The van der Waals surface area contributed by atoms with Crippen molar-refractivity contribution in [2.45, 2.75) is 85.0 Å². The SMILES string of the molecule is CC(C)(C)OC(=O)COc1ccc(-c2ccc3c(c2)C(c2cc(I)c(OCC(=O)OC(C)(C)C)c(I)c2)c2cc(-c4ccc(OCC(=O)OC(C)(C)C)cc4)ccc2O3)cc1. The van der Waals surface area contributed by atoms with Crippen LogP contribution in [0.3, 0.4) is 0 Å². The van der Waals surface area contributed by atoms with Gasteiger partial charge in [-0.2, -0.15) is 0 Å². The van der Waals surface area contributed by atoms with Gasteiger partial charge in [-0.1, -0.05) is 36.4 Å². The molecule has 0 saturated carbocycles. The molecule has 0 fully saturated rings. The van der Waals surface area contributed by atoms with Gasteiger partial charge in [0, 0.05) is 17.0 Å². The van der Waals surface area contributed by atoms with Gasteiger partial charge in [0.05, 0.1) is 7.14 Å². The van der Waals surface area contributed by atoms with E-state index in [2.05, 4.69) is 69.4 Å². The van der Waals surface area contributed by atoms with Gasteiger partial charge in [-0.05, 0) is 196 Å². The summed E-state index contributed by atoms with van der Waals surface area (Å²) in [5.74, 6) is 1.60. The molecular formula is C49H50I2O10. The zero-order valence-electron chi connectivity index (χ0n) is 35.8. The van der Waals surface area contributed by atoms with Crippen molar-refractivity contribution in [1.29, 1.82) is 0 Å². The van der Waals surface area contributed by atoms with Crippen molar-refractivity contribution < 1.29 is 47.5 Å². The normalized spacial score (nSPS) is 12.6. The molecule has 5 aromatic rings. The van der Waals surface area contributed by atoms with Crippen LogP contribution in [0.5, 0.6) is 28.7 Å². The molecule has 0 unspecified atom stereocenters. The highest BCUT2D eigenvalue weighted by Gasteiger charge is 2.31. The Bertz CT molecular complexity index is 2260. The molecule has 1 aliphatic heterocycles. The maximum atomic E-state index is 12.6. The van der Waals surface area contributed by atoms with Gasteiger partial charge in [-0.15, -0.1) is 0 Å². The zero-order chi connectivity index (χ0) is 44.3. The number of halogens is 2. The van der Waals surface area contributed by atoms with Crippen LogP contribution in [0.1, 0.15) is 84.9 Å². The number of carbonyl (C=O) groups is 3. The first kappa shape index (κ1) is 45.7. The van der Waals surface area contributed by atoms with E-state index in [1.807, 2.05) is 135 Å². The summed E-state index contributed by atoms with van der Waals surface area (Å²) >= 11 is 4.52. The van der Waals surface area contributed by atoms with Gasteiger partial charge in [0.2, 0.25) is 0 Å². The molecule has 0 aromatic heterocycles. The van der Waals surface area contributed by atoms with Crippen molar-refractivity contribution in [3.63, 3.8) is 0 Å². The number of hydrogen-bond donors (Lipinski definition) is 0. The minimum Gasteiger partial charge on any atom is -0.482 e. The first-order valence-electron chi connectivity index (χ1n) is 19.8. The van der Waals surface area contributed by atoms with Gasteiger partial charge < -0.3 is 33.2 Å². The molecule has 10 nitrogen and oxygen atoms in total. The Balaban J connectivity index is 1.33. The van der Waals surface area contributed by atoms with Crippen LogP contribution in [0.15, 0.2) is 97.1 Å². The standard InChI is InChI=1S/C49H50I2O10/c1-47(2,3)59-42(52)26-55-34-16-10-29(11-17-34)31-14-20-40-36(22-31)45(33-24-38(50)46(39(51)25-33)57-28-44(54)61-49(7,8)9)37-23-32(15-21-41(37)58-40)30-12-18-35(19-13-30)56-27-43(53)60-48(4,5)6/h10-25,45H,26-28H2,1-9H3. The molecule has 1 heterocycles. The maximum Gasteiger partial charge on any atom is 0.344 e. The number of esters is 3. The lowest BCUT2D eigenvalue weighted by molar-refractivity contribution is -0.158. The van der Waals surface area contributed by atoms with Crippen molar-refractivity contribution in [2.24, 2.45) is 0 Å². The van der Waals surface area contributed by atoms with E-state index in [-0.39, 0.29) is 25.7 Å². The zero-order valence-corrected chi connectivity index (χ0v) is 40.1. The Hall–Kier alpha value is -4.83. The highest BCUT2D eigenvalue weighted by Crippen LogP contribution is 2.50. The number of ether oxygens (including phenoxy) is 7.